The van der Waals surface area contributed by atoms with E-state index in [4.69, 9.17) is 11.6 Å². The Bertz CT molecular complexity index is 326. The Morgan fingerprint density at radius 1 is 1.38 bits per heavy atom. The van der Waals surface area contributed by atoms with Gasteiger partial charge in [0.1, 0.15) is 0 Å². The first-order valence-corrected chi connectivity index (χ1v) is 6.09. The molecule has 0 saturated heterocycles. The summed E-state index contributed by atoms with van der Waals surface area (Å²) in [6, 6.07) is 6.11. The van der Waals surface area contributed by atoms with E-state index in [-0.39, 0.29) is 0 Å². The number of benzene rings is 1. The molecule has 1 aromatic rings. The van der Waals surface area contributed by atoms with E-state index in [2.05, 4.69) is 30.3 Å². The second kappa shape index (κ2) is 6.89. The van der Waals surface area contributed by atoms with Crippen LogP contribution in [0, 0.1) is 6.92 Å². The number of nitrogens with zero attached hydrogens (tertiary/aromatic N) is 1. The fraction of sp³-hybridized carbons (Fsp3) is 0.538. The summed E-state index contributed by atoms with van der Waals surface area (Å²) in [5, 5.41) is 3.98. The van der Waals surface area contributed by atoms with Crippen LogP contribution < -0.4 is 5.32 Å². The fourth-order valence-electron chi connectivity index (χ4n) is 1.73. The molecule has 0 aliphatic rings. The lowest BCUT2D eigenvalue weighted by molar-refractivity contribution is 0.320. The average Bonchev–Trinajstić information content (AvgIpc) is 2.23. The molecular weight excluding hydrogens is 220 g/mol. The van der Waals surface area contributed by atoms with Crippen molar-refractivity contribution in [2.75, 3.05) is 27.2 Å². The van der Waals surface area contributed by atoms with Crippen LogP contribution in [0.15, 0.2) is 18.2 Å². The summed E-state index contributed by atoms with van der Waals surface area (Å²) in [4.78, 5) is 2.34. The smallest absolute Gasteiger partial charge is 0.0408 e. The Hall–Kier alpha value is -0.570. The summed E-state index contributed by atoms with van der Waals surface area (Å²) in [5.41, 5.74) is 2.63. The van der Waals surface area contributed by atoms with Gasteiger partial charge in [0.25, 0.3) is 0 Å². The molecule has 90 valence electrons. The van der Waals surface area contributed by atoms with Crippen molar-refractivity contribution in [2.45, 2.75) is 19.9 Å². The molecule has 0 aliphatic carbocycles. The van der Waals surface area contributed by atoms with Gasteiger partial charge in [-0.05, 0) is 63.8 Å². The van der Waals surface area contributed by atoms with Crippen LogP contribution in [0.25, 0.3) is 0 Å². The van der Waals surface area contributed by atoms with Gasteiger partial charge < -0.3 is 10.2 Å². The number of hydrogen-bond donors (Lipinski definition) is 1. The maximum absolute atomic E-state index is 5.93. The van der Waals surface area contributed by atoms with E-state index in [1.807, 2.05) is 19.2 Å². The van der Waals surface area contributed by atoms with Gasteiger partial charge in [-0.2, -0.15) is 0 Å². The van der Waals surface area contributed by atoms with Crippen LogP contribution >= 0.6 is 11.6 Å². The largest absolute Gasteiger partial charge is 0.320 e. The van der Waals surface area contributed by atoms with E-state index >= 15 is 0 Å². The molecule has 0 fully saturated rings. The number of rotatable bonds is 6. The van der Waals surface area contributed by atoms with Gasteiger partial charge in [0, 0.05) is 11.6 Å². The Morgan fingerprint density at radius 3 is 2.75 bits per heavy atom. The summed E-state index contributed by atoms with van der Waals surface area (Å²) in [7, 11) is 4.15. The highest BCUT2D eigenvalue weighted by Gasteiger charge is 2.03. The van der Waals surface area contributed by atoms with Crippen molar-refractivity contribution < 1.29 is 0 Å². The van der Waals surface area contributed by atoms with Crippen molar-refractivity contribution in [1.29, 1.82) is 0 Å². The van der Waals surface area contributed by atoms with E-state index in [9.17, 15) is 0 Å². The van der Waals surface area contributed by atoms with Crippen LogP contribution in [0.5, 0.6) is 0 Å². The van der Waals surface area contributed by atoms with Crippen LogP contribution in [0.2, 0.25) is 5.02 Å². The van der Waals surface area contributed by atoms with Gasteiger partial charge in [-0.1, -0.05) is 17.7 Å². The SMILES string of the molecule is CNCCCN(C)Cc1ccc(Cl)cc1C. The zero-order chi connectivity index (χ0) is 12.0. The van der Waals surface area contributed by atoms with E-state index < -0.39 is 0 Å². The lowest BCUT2D eigenvalue weighted by Crippen LogP contribution is -2.22. The van der Waals surface area contributed by atoms with Crippen LogP contribution in [0.3, 0.4) is 0 Å². The summed E-state index contributed by atoms with van der Waals surface area (Å²) < 4.78 is 0. The number of nitrogens with one attached hydrogen (secondary N) is 1. The van der Waals surface area contributed by atoms with Crippen LogP contribution in [0.4, 0.5) is 0 Å². The lowest BCUT2D eigenvalue weighted by Gasteiger charge is -2.18. The first-order chi connectivity index (χ1) is 7.63. The summed E-state index contributed by atoms with van der Waals surface area (Å²) in [6.07, 6.45) is 1.18. The quantitative estimate of drug-likeness (QED) is 0.770. The zero-order valence-electron chi connectivity index (χ0n) is 10.4. The summed E-state index contributed by atoms with van der Waals surface area (Å²) in [5.74, 6) is 0. The van der Waals surface area contributed by atoms with Crippen molar-refractivity contribution in [2.24, 2.45) is 0 Å². The molecule has 0 saturated carbocycles. The second-order valence-electron chi connectivity index (χ2n) is 4.27. The molecule has 3 heteroatoms. The Morgan fingerprint density at radius 2 is 2.12 bits per heavy atom. The highest BCUT2D eigenvalue weighted by molar-refractivity contribution is 6.30. The molecule has 0 spiro atoms. The molecular formula is C13H21ClN2. The number of halogens is 1. The van der Waals surface area contributed by atoms with Gasteiger partial charge >= 0.3 is 0 Å². The third-order valence-corrected chi connectivity index (χ3v) is 2.95. The van der Waals surface area contributed by atoms with Gasteiger partial charge in [-0.3, -0.25) is 0 Å². The molecule has 0 unspecified atom stereocenters. The summed E-state index contributed by atoms with van der Waals surface area (Å²) >= 11 is 5.93. The van der Waals surface area contributed by atoms with Crippen LogP contribution in [-0.2, 0) is 6.54 Å². The van der Waals surface area contributed by atoms with E-state index in [0.717, 1.165) is 24.7 Å². The van der Waals surface area contributed by atoms with Crippen molar-refractivity contribution >= 4 is 11.6 Å². The first kappa shape index (κ1) is 13.5. The number of aryl methyl sites for hydroxylation is 1. The van der Waals surface area contributed by atoms with Crippen molar-refractivity contribution in [3.05, 3.63) is 34.3 Å². The van der Waals surface area contributed by atoms with E-state index in [1.165, 1.54) is 17.5 Å². The predicted molar refractivity (Wildman–Crippen MR) is 71.1 cm³/mol. The zero-order valence-corrected chi connectivity index (χ0v) is 11.1. The topological polar surface area (TPSA) is 15.3 Å². The normalized spacial score (nSPS) is 11.1. The molecule has 1 N–H and O–H groups in total. The molecule has 0 heterocycles. The molecule has 1 rings (SSSR count). The molecule has 0 radical (unpaired) electrons. The number of hydrogen-bond acceptors (Lipinski definition) is 2. The Kier molecular flexibility index (Phi) is 5.81. The minimum Gasteiger partial charge on any atom is -0.320 e. The monoisotopic (exact) mass is 240 g/mol. The molecule has 0 bridgehead atoms. The van der Waals surface area contributed by atoms with Crippen molar-refractivity contribution in [3.63, 3.8) is 0 Å². The molecule has 0 atom stereocenters. The standard InChI is InChI=1S/C13H21ClN2/c1-11-9-13(14)6-5-12(11)10-16(3)8-4-7-15-2/h5-6,9,15H,4,7-8,10H2,1-3H3. The highest BCUT2D eigenvalue weighted by Crippen LogP contribution is 2.16. The van der Waals surface area contributed by atoms with Gasteiger partial charge in [-0.25, -0.2) is 0 Å². The highest BCUT2D eigenvalue weighted by atomic mass is 35.5. The van der Waals surface area contributed by atoms with Gasteiger partial charge in [0.05, 0.1) is 0 Å². The van der Waals surface area contributed by atoms with Crippen molar-refractivity contribution in [3.8, 4) is 0 Å². The van der Waals surface area contributed by atoms with Crippen LogP contribution in [-0.4, -0.2) is 32.1 Å². The third kappa shape index (κ3) is 4.52. The second-order valence-corrected chi connectivity index (χ2v) is 4.70. The minimum absolute atomic E-state index is 0.819. The predicted octanol–water partition coefficient (Wildman–Crippen LogP) is 2.69. The van der Waals surface area contributed by atoms with Gasteiger partial charge in [0.15, 0.2) is 0 Å². The molecule has 16 heavy (non-hydrogen) atoms. The maximum Gasteiger partial charge on any atom is 0.0408 e. The molecule has 1 aromatic carbocycles. The average molecular weight is 241 g/mol. The van der Waals surface area contributed by atoms with Crippen LogP contribution in [0.1, 0.15) is 17.5 Å². The van der Waals surface area contributed by atoms with Crippen molar-refractivity contribution in [1.82, 2.24) is 10.2 Å². The lowest BCUT2D eigenvalue weighted by atomic mass is 10.1. The fourth-order valence-corrected chi connectivity index (χ4v) is 1.96. The van der Waals surface area contributed by atoms with Gasteiger partial charge in [-0.15, -0.1) is 0 Å². The van der Waals surface area contributed by atoms with E-state index in [0.29, 0.717) is 0 Å². The molecule has 0 aromatic heterocycles. The molecule has 0 aliphatic heterocycles. The Labute approximate surface area is 104 Å². The maximum atomic E-state index is 5.93. The summed E-state index contributed by atoms with van der Waals surface area (Å²) in [6.45, 7) is 5.29. The van der Waals surface area contributed by atoms with E-state index in [1.54, 1.807) is 0 Å². The molecule has 2 nitrogen and oxygen atoms in total. The minimum atomic E-state index is 0.819. The first-order valence-electron chi connectivity index (χ1n) is 5.71. The Balaban J connectivity index is 2.46. The molecule has 0 amide bonds. The van der Waals surface area contributed by atoms with Gasteiger partial charge in [0.2, 0.25) is 0 Å². The third-order valence-electron chi connectivity index (χ3n) is 2.71.